The van der Waals surface area contributed by atoms with Crippen molar-refractivity contribution in [3.8, 4) is 22.3 Å². The number of hydrogen-bond acceptors (Lipinski definition) is 2. The molecule has 2 heteroatoms. The van der Waals surface area contributed by atoms with Crippen molar-refractivity contribution in [2.45, 2.75) is 37.5 Å². The normalized spacial score (nSPS) is 16.5. The summed E-state index contributed by atoms with van der Waals surface area (Å²) in [6, 6.07) is 69.1. The highest BCUT2D eigenvalue weighted by molar-refractivity contribution is 6.15. The smallest absolute Gasteiger partial charge is 0.136 e. The van der Waals surface area contributed by atoms with Crippen LogP contribution in [-0.2, 0) is 10.8 Å². The topological polar surface area (TPSA) is 16.4 Å². The summed E-state index contributed by atoms with van der Waals surface area (Å²) < 4.78 is 6.34. The Morgan fingerprint density at radius 3 is 1.85 bits per heavy atom. The van der Waals surface area contributed by atoms with Crippen LogP contribution in [0.15, 0.2) is 233 Å². The molecule has 0 atom stereocenters. The second kappa shape index (κ2) is 13.7. The second-order valence-corrected chi connectivity index (χ2v) is 18.9. The largest absolute Gasteiger partial charge is 0.456 e. The summed E-state index contributed by atoms with van der Waals surface area (Å²) in [6.07, 6.45) is 6.62. The highest BCUT2D eigenvalue weighted by Gasteiger charge is 2.53. The number of nitrogens with zero attached hydrogens (tertiary/aromatic N) is 1. The average Bonchev–Trinajstić information content (AvgIpc) is 4.06. The van der Waals surface area contributed by atoms with Crippen LogP contribution in [0.4, 0.5) is 11.4 Å². The zero-order valence-corrected chi connectivity index (χ0v) is 36.8. The Bertz CT molecular complexity index is 3770. The van der Waals surface area contributed by atoms with Gasteiger partial charge in [0.1, 0.15) is 11.2 Å². The molecule has 0 fully saturated rings. The zero-order valence-electron chi connectivity index (χ0n) is 36.8. The number of allylic oxidation sites excluding steroid dienone is 8. The first-order chi connectivity index (χ1) is 32.5. The maximum atomic E-state index is 6.34. The van der Waals surface area contributed by atoms with Crippen LogP contribution in [0.1, 0.15) is 65.6 Å². The van der Waals surface area contributed by atoms with E-state index in [1.165, 1.54) is 72.5 Å². The van der Waals surface area contributed by atoms with Crippen LogP contribution in [-0.4, -0.2) is 0 Å². The van der Waals surface area contributed by atoms with Crippen molar-refractivity contribution in [1.29, 1.82) is 0 Å². The maximum Gasteiger partial charge on any atom is 0.136 e. The summed E-state index contributed by atoms with van der Waals surface area (Å²) in [4.78, 5) is 2.54. The standard InChI is InChI=1S/C64H43NO/c1-63(2)53-23-9-3-16-44(53)47-37-35-43(39-58(47)63)65(42-33-30-40(31-34-42)41-32-36-50-49-20-8-14-29-60(49)66-61(50)38-41)59-28-13-7-19-48(59)51-22-15-27-57-62(51)52-21-6-12-26-56(52)64(57)54-24-10-4-17-45(54)46-18-5-11-25-55(46)64/h3-14,16-21,23-34,36,38-39H,35,37H2,1-2H3. The molecule has 14 rings (SSSR count). The number of fused-ring (bicyclic) bond motifs is 14. The first-order valence-corrected chi connectivity index (χ1v) is 23.2. The monoisotopic (exact) mass is 841 g/mol. The van der Waals surface area contributed by atoms with Crippen LogP contribution in [0.3, 0.4) is 0 Å². The van der Waals surface area contributed by atoms with E-state index in [0.29, 0.717) is 0 Å². The molecule has 0 unspecified atom stereocenters. The molecule has 8 aromatic carbocycles. The lowest BCUT2D eigenvalue weighted by molar-refractivity contribution is 0.648. The molecule has 1 spiro atoms. The minimum absolute atomic E-state index is 0.114. The van der Waals surface area contributed by atoms with Crippen molar-refractivity contribution in [2.75, 3.05) is 4.90 Å². The predicted octanol–water partition coefficient (Wildman–Crippen LogP) is 16.3. The number of rotatable bonds is 5. The molecule has 0 saturated carbocycles. The summed E-state index contributed by atoms with van der Waals surface area (Å²) >= 11 is 0. The van der Waals surface area contributed by atoms with Gasteiger partial charge in [0.05, 0.1) is 11.1 Å². The van der Waals surface area contributed by atoms with Gasteiger partial charge in [-0.25, -0.2) is 0 Å². The summed E-state index contributed by atoms with van der Waals surface area (Å²) in [5.74, 6) is 0. The molecule has 0 saturated heterocycles. The van der Waals surface area contributed by atoms with Crippen LogP contribution in [0, 0.1) is 0 Å². The summed E-state index contributed by atoms with van der Waals surface area (Å²) in [5.41, 5.74) is 32.6. The first kappa shape index (κ1) is 37.3. The van der Waals surface area contributed by atoms with Gasteiger partial charge in [0.2, 0.25) is 0 Å². The Hall–Kier alpha value is -8.12. The Labute approximate surface area is 384 Å². The summed E-state index contributed by atoms with van der Waals surface area (Å²) in [6.45, 7) is 4.79. The van der Waals surface area contributed by atoms with Crippen LogP contribution in [0.25, 0.3) is 60.9 Å². The van der Waals surface area contributed by atoms with Crippen LogP contribution in [0.5, 0.6) is 0 Å². The van der Waals surface area contributed by atoms with E-state index >= 15 is 0 Å². The fourth-order valence-electron chi connectivity index (χ4n) is 12.4. The van der Waals surface area contributed by atoms with Gasteiger partial charge in [-0.15, -0.1) is 0 Å². The molecule has 1 aromatic heterocycles. The number of benzene rings is 8. The molecule has 66 heavy (non-hydrogen) atoms. The molecule has 0 N–H and O–H groups in total. The SMILES string of the molecule is CC1(C)C2=C(CCC(N(c3ccc(-c4ccc5c(c4)oc4ccccc45)cc3)c3ccccc3C3=C=C=CC4=C3c3ccccc3C43c4ccccc4-c4ccccc43)=C2)c2ccccc21. The van der Waals surface area contributed by atoms with Gasteiger partial charge in [0, 0.05) is 44.3 Å². The molecule has 1 heterocycles. The van der Waals surface area contributed by atoms with E-state index in [1.807, 2.05) is 12.1 Å². The first-order valence-electron chi connectivity index (χ1n) is 23.2. The van der Waals surface area contributed by atoms with Crippen molar-refractivity contribution < 1.29 is 4.42 Å². The van der Waals surface area contributed by atoms with Crippen molar-refractivity contribution in [3.05, 3.63) is 267 Å². The summed E-state index contributed by atoms with van der Waals surface area (Å²) in [5, 5.41) is 2.28. The Morgan fingerprint density at radius 2 is 1.09 bits per heavy atom. The third-order valence-electron chi connectivity index (χ3n) is 15.3. The molecule has 310 valence electrons. The van der Waals surface area contributed by atoms with Gasteiger partial charge in [-0.2, -0.15) is 0 Å². The third kappa shape index (κ3) is 4.98. The fraction of sp³-hybridized carbons (Fsp3) is 0.0938. The molecule has 0 aliphatic heterocycles. The Balaban J connectivity index is 0.954. The van der Waals surface area contributed by atoms with E-state index in [2.05, 4.69) is 218 Å². The number of hydrogen-bond donors (Lipinski definition) is 0. The average molecular weight is 842 g/mol. The molecule has 5 aliphatic carbocycles. The van der Waals surface area contributed by atoms with Crippen LogP contribution in [0.2, 0.25) is 0 Å². The van der Waals surface area contributed by atoms with Gasteiger partial charge in [0.25, 0.3) is 0 Å². The van der Waals surface area contributed by atoms with E-state index in [4.69, 9.17) is 4.42 Å². The number of anilines is 2. The second-order valence-electron chi connectivity index (χ2n) is 18.9. The van der Waals surface area contributed by atoms with Crippen LogP contribution < -0.4 is 4.90 Å². The van der Waals surface area contributed by atoms with E-state index < -0.39 is 5.41 Å². The van der Waals surface area contributed by atoms with Crippen molar-refractivity contribution in [2.24, 2.45) is 0 Å². The molecule has 5 aliphatic rings. The van der Waals surface area contributed by atoms with Gasteiger partial charge in [0.15, 0.2) is 0 Å². The molecule has 0 bridgehead atoms. The van der Waals surface area contributed by atoms with E-state index in [0.717, 1.165) is 68.4 Å². The van der Waals surface area contributed by atoms with E-state index in [1.54, 1.807) is 0 Å². The minimum atomic E-state index is -0.465. The van der Waals surface area contributed by atoms with Gasteiger partial charge in [-0.05, 0) is 134 Å². The molecular weight excluding hydrogens is 799 g/mol. The molecule has 0 radical (unpaired) electrons. The van der Waals surface area contributed by atoms with Crippen molar-refractivity contribution >= 4 is 50.0 Å². The molecule has 2 nitrogen and oxygen atoms in total. The summed E-state index contributed by atoms with van der Waals surface area (Å²) in [7, 11) is 0. The highest BCUT2D eigenvalue weighted by atomic mass is 16.3. The van der Waals surface area contributed by atoms with Gasteiger partial charge < -0.3 is 9.32 Å². The quantitative estimate of drug-likeness (QED) is 0.161. The van der Waals surface area contributed by atoms with Gasteiger partial charge in [-0.3, -0.25) is 0 Å². The number of para-hydroxylation sites is 2. The molecule has 0 amide bonds. The van der Waals surface area contributed by atoms with E-state index in [-0.39, 0.29) is 5.41 Å². The van der Waals surface area contributed by atoms with Crippen LogP contribution >= 0.6 is 0 Å². The molecule has 9 aromatic rings. The third-order valence-corrected chi connectivity index (χ3v) is 15.3. The fourth-order valence-corrected chi connectivity index (χ4v) is 12.4. The lowest BCUT2D eigenvalue weighted by Crippen LogP contribution is -2.26. The highest BCUT2D eigenvalue weighted by Crippen LogP contribution is 2.64. The van der Waals surface area contributed by atoms with Gasteiger partial charge in [-0.1, -0.05) is 177 Å². The minimum Gasteiger partial charge on any atom is -0.456 e. The van der Waals surface area contributed by atoms with Crippen molar-refractivity contribution in [1.82, 2.24) is 0 Å². The number of furan rings is 1. The lowest BCUT2D eigenvalue weighted by atomic mass is 9.69. The Morgan fingerprint density at radius 1 is 0.500 bits per heavy atom. The lowest BCUT2D eigenvalue weighted by Gasteiger charge is -2.34. The molecular formula is C64H43NO. The zero-order chi connectivity index (χ0) is 43.7. The van der Waals surface area contributed by atoms with Gasteiger partial charge >= 0.3 is 0 Å². The van der Waals surface area contributed by atoms with Crippen molar-refractivity contribution in [3.63, 3.8) is 0 Å². The Kier molecular flexibility index (Phi) is 7.73. The maximum absolute atomic E-state index is 6.34. The predicted molar refractivity (Wildman–Crippen MR) is 272 cm³/mol. The van der Waals surface area contributed by atoms with E-state index in [9.17, 15) is 0 Å².